The van der Waals surface area contributed by atoms with E-state index in [1.165, 1.54) is 0 Å². The maximum absolute atomic E-state index is 14.3. The van der Waals surface area contributed by atoms with Crippen LogP contribution >= 0.6 is 0 Å². The third-order valence-electron chi connectivity index (χ3n) is 9.67. The lowest BCUT2D eigenvalue weighted by Crippen LogP contribution is -2.48. The van der Waals surface area contributed by atoms with Gasteiger partial charge in [0.25, 0.3) is 5.56 Å². The molecular formula is C38H50N4O9Si. The van der Waals surface area contributed by atoms with Crippen molar-refractivity contribution in [2.45, 2.75) is 124 Å². The lowest BCUT2D eigenvalue weighted by Gasteiger charge is -2.35. The minimum atomic E-state index is -2.26. The standard InChI is InChI=1S/C38H50N4O9Si/c1-12-38(49-29(43)15-16-39-34(46)50-36(4,5)6)26-18-28-30-24(19-42(28)32(44)25(26)20-48-33(38)45)31(52(10,11)21(2)3)23-17-22(13-14-27(23)41-30)40-35(47)51-37(7,8)9/h13-14,17-18,21H,12,15-16,19-20H2,1-11H3,(H,39,46)(H,40,47). The zero-order chi connectivity index (χ0) is 38.6. The van der Waals surface area contributed by atoms with Crippen molar-refractivity contribution in [2.24, 2.45) is 0 Å². The van der Waals surface area contributed by atoms with E-state index in [2.05, 4.69) is 37.6 Å². The molecule has 0 saturated heterocycles. The van der Waals surface area contributed by atoms with E-state index < -0.39 is 49.0 Å². The van der Waals surface area contributed by atoms with Gasteiger partial charge in [-0.3, -0.25) is 14.9 Å². The number of aromatic nitrogens is 2. The summed E-state index contributed by atoms with van der Waals surface area (Å²) in [7, 11) is -2.26. The molecular weight excluding hydrogens is 685 g/mol. The fourth-order valence-corrected chi connectivity index (χ4v) is 9.03. The van der Waals surface area contributed by atoms with E-state index >= 15 is 0 Å². The van der Waals surface area contributed by atoms with Gasteiger partial charge >= 0.3 is 24.1 Å². The van der Waals surface area contributed by atoms with Gasteiger partial charge in [0, 0.05) is 23.2 Å². The lowest BCUT2D eigenvalue weighted by atomic mass is 9.85. The molecule has 13 nitrogen and oxygen atoms in total. The van der Waals surface area contributed by atoms with E-state index in [-0.39, 0.29) is 49.2 Å². The number of benzene rings is 1. The van der Waals surface area contributed by atoms with Crippen molar-refractivity contribution in [3.8, 4) is 11.4 Å². The van der Waals surface area contributed by atoms with Gasteiger partial charge in [-0.15, -0.1) is 0 Å². The Balaban J connectivity index is 1.58. The number of hydrogen-bond acceptors (Lipinski definition) is 10. The van der Waals surface area contributed by atoms with Crippen LogP contribution in [-0.2, 0) is 47.3 Å². The van der Waals surface area contributed by atoms with Gasteiger partial charge in [-0.05, 0) is 88.5 Å². The van der Waals surface area contributed by atoms with Crippen molar-refractivity contribution in [2.75, 3.05) is 11.9 Å². The largest absolute Gasteiger partial charge is 0.457 e. The Morgan fingerprint density at radius 2 is 1.65 bits per heavy atom. The van der Waals surface area contributed by atoms with Crippen LogP contribution in [0.4, 0.5) is 15.3 Å². The molecule has 1 atom stereocenters. The number of fused-ring (bicyclic) bond motifs is 5. The quantitative estimate of drug-likeness (QED) is 0.121. The van der Waals surface area contributed by atoms with Crippen LogP contribution in [-0.4, -0.2) is 59.5 Å². The second-order valence-electron chi connectivity index (χ2n) is 16.3. The first-order valence-electron chi connectivity index (χ1n) is 17.7. The Morgan fingerprint density at radius 3 is 2.27 bits per heavy atom. The van der Waals surface area contributed by atoms with Crippen LogP contribution in [0.15, 0.2) is 29.1 Å². The third-order valence-corrected chi connectivity index (χ3v) is 14.4. The molecule has 14 heteroatoms. The molecule has 2 N–H and O–H groups in total. The van der Waals surface area contributed by atoms with Crippen molar-refractivity contribution >= 4 is 54.0 Å². The molecule has 0 fully saturated rings. The summed E-state index contributed by atoms with van der Waals surface area (Å²) in [5, 5.41) is 7.38. The Morgan fingerprint density at radius 1 is 1.00 bits per heavy atom. The smallest absolute Gasteiger partial charge is 0.412 e. The van der Waals surface area contributed by atoms with E-state index in [1.54, 1.807) is 65.2 Å². The highest BCUT2D eigenvalue weighted by atomic mass is 28.3. The topological polar surface area (TPSA) is 164 Å². The number of nitrogens with one attached hydrogen (secondary N) is 2. The molecule has 0 bridgehead atoms. The van der Waals surface area contributed by atoms with Gasteiger partial charge in [0.15, 0.2) is 0 Å². The monoisotopic (exact) mass is 734 g/mol. The summed E-state index contributed by atoms with van der Waals surface area (Å²) in [6.07, 6.45) is -1.48. The van der Waals surface area contributed by atoms with Crippen molar-refractivity contribution in [3.05, 3.63) is 51.3 Å². The van der Waals surface area contributed by atoms with Gasteiger partial charge in [0.05, 0.1) is 43.5 Å². The molecule has 280 valence electrons. The van der Waals surface area contributed by atoms with Gasteiger partial charge < -0.3 is 28.8 Å². The fraction of sp³-hybridized carbons (Fsp3) is 0.526. The first-order chi connectivity index (χ1) is 24.1. The zero-order valence-electron chi connectivity index (χ0n) is 32.0. The third kappa shape index (κ3) is 7.43. The molecule has 2 aliphatic heterocycles. The predicted octanol–water partition coefficient (Wildman–Crippen LogP) is 6.22. The summed E-state index contributed by atoms with van der Waals surface area (Å²) < 4.78 is 23.8. The van der Waals surface area contributed by atoms with Gasteiger partial charge in [-0.1, -0.05) is 33.9 Å². The molecule has 0 saturated carbocycles. The number of esters is 2. The summed E-state index contributed by atoms with van der Waals surface area (Å²) in [4.78, 5) is 70.9. The number of carbonyl (C=O) groups is 4. The Hall–Kier alpha value is -4.72. The Bertz CT molecular complexity index is 2020. The van der Waals surface area contributed by atoms with Crippen molar-refractivity contribution in [1.29, 1.82) is 0 Å². The molecule has 0 spiro atoms. The number of anilines is 1. The fourth-order valence-electron chi connectivity index (χ4n) is 6.59. The Kier molecular flexibility index (Phi) is 10.1. The molecule has 5 rings (SSSR count). The summed E-state index contributed by atoms with van der Waals surface area (Å²) in [6.45, 7) is 21.1. The maximum Gasteiger partial charge on any atom is 0.412 e. The average molecular weight is 735 g/mol. The van der Waals surface area contributed by atoms with E-state index in [0.29, 0.717) is 28.1 Å². The number of hydrogen-bond donors (Lipinski definition) is 2. The molecule has 52 heavy (non-hydrogen) atoms. The van der Waals surface area contributed by atoms with E-state index in [1.807, 2.05) is 12.1 Å². The predicted molar refractivity (Wildman–Crippen MR) is 199 cm³/mol. The molecule has 0 aliphatic carbocycles. The van der Waals surface area contributed by atoms with Gasteiger partial charge in [0.1, 0.15) is 17.8 Å². The number of carbonyl (C=O) groups excluding carboxylic acids is 4. The number of pyridine rings is 2. The lowest BCUT2D eigenvalue weighted by molar-refractivity contribution is -0.189. The first-order valence-corrected chi connectivity index (χ1v) is 20.8. The summed E-state index contributed by atoms with van der Waals surface area (Å²) >= 11 is 0. The van der Waals surface area contributed by atoms with Crippen LogP contribution in [0.5, 0.6) is 0 Å². The number of ether oxygens (including phenoxy) is 4. The number of rotatable bonds is 8. The second kappa shape index (κ2) is 13.7. The highest BCUT2D eigenvalue weighted by Crippen LogP contribution is 2.42. The number of alkyl carbamates (subject to hydrolysis) is 1. The molecule has 2 aromatic heterocycles. The molecule has 1 aromatic carbocycles. The van der Waals surface area contributed by atoms with Crippen LogP contribution in [0.1, 0.15) is 91.8 Å². The highest BCUT2D eigenvalue weighted by Gasteiger charge is 2.50. The van der Waals surface area contributed by atoms with Crippen LogP contribution in [0.2, 0.25) is 18.6 Å². The van der Waals surface area contributed by atoms with Crippen molar-refractivity contribution in [3.63, 3.8) is 0 Å². The molecule has 2 amide bonds. The highest BCUT2D eigenvalue weighted by molar-refractivity contribution is 6.92. The molecule has 0 radical (unpaired) electrons. The molecule has 3 aromatic rings. The van der Waals surface area contributed by atoms with Gasteiger partial charge in [-0.25, -0.2) is 19.4 Å². The van der Waals surface area contributed by atoms with E-state index in [0.717, 1.165) is 16.1 Å². The van der Waals surface area contributed by atoms with Crippen LogP contribution in [0.3, 0.4) is 0 Å². The normalized spacial score (nSPS) is 16.8. The second-order valence-corrected chi connectivity index (χ2v) is 21.4. The van der Waals surface area contributed by atoms with Crippen molar-refractivity contribution in [1.82, 2.24) is 14.9 Å². The zero-order valence-corrected chi connectivity index (χ0v) is 33.0. The molecule has 2 aliphatic rings. The number of amides is 2. The molecule has 1 unspecified atom stereocenters. The van der Waals surface area contributed by atoms with Crippen LogP contribution in [0.25, 0.3) is 22.3 Å². The maximum atomic E-state index is 14.3. The SMILES string of the molecule is CCC1(OC(=O)CCNC(=O)OC(C)(C)C)C(=O)OCc2c1cc1n(c2=O)Cc2c-1nc1ccc(NC(=O)OC(C)(C)C)cc1c2[Si](C)(C)C(C)C. The number of cyclic esters (lactones) is 1. The van der Waals surface area contributed by atoms with E-state index in [4.69, 9.17) is 23.9 Å². The minimum absolute atomic E-state index is 0.0108. The summed E-state index contributed by atoms with van der Waals surface area (Å²) in [6, 6.07) is 7.27. The van der Waals surface area contributed by atoms with Crippen LogP contribution in [0, 0.1) is 0 Å². The summed E-state index contributed by atoms with van der Waals surface area (Å²) in [5.74, 6) is -1.53. The van der Waals surface area contributed by atoms with Gasteiger partial charge in [-0.2, -0.15) is 0 Å². The summed E-state index contributed by atoms with van der Waals surface area (Å²) in [5.41, 5.74) is 0.491. The molecule has 4 heterocycles. The number of nitrogens with zero attached hydrogens (tertiary/aromatic N) is 2. The Labute approximate surface area is 304 Å². The first kappa shape index (κ1) is 38.5. The van der Waals surface area contributed by atoms with Crippen molar-refractivity contribution < 1.29 is 38.1 Å². The minimum Gasteiger partial charge on any atom is -0.457 e. The average Bonchev–Trinajstić information content (AvgIpc) is 3.37. The van der Waals surface area contributed by atoms with Gasteiger partial charge in [0.2, 0.25) is 5.60 Å². The van der Waals surface area contributed by atoms with E-state index in [9.17, 15) is 24.0 Å². The van der Waals surface area contributed by atoms with Crippen LogP contribution < -0.4 is 21.4 Å².